The van der Waals surface area contributed by atoms with Crippen LogP contribution in [0.25, 0.3) is 0 Å². The Balaban J connectivity index is 1.60. The first kappa shape index (κ1) is 13.5. The number of piperazine rings is 1. The quantitative estimate of drug-likeness (QED) is 0.834. The van der Waals surface area contributed by atoms with E-state index in [-0.39, 0.29) is 11.7 Å². The number of hydrogen-bond donors (Lipinski definition) is 0. The predicted octanol–water partition coefficient (Wildman–Crippen LogP) is 1.26. The van der Waals surface area contributed by atoms with E-state index < -0.39 is 0 Å². The Hall–Kier alpha value is -1.46. The summed E-state index contributed by atoms with van der Waals surface area (Å²) in [5, 5.41) is 0. The highest BCUT2D eigenvalue weighted by atomic mass is 19.1. The highest BCUT2D eigenvalue weighted by molar-refractivity contribution is 5.79. The highest BCUT2D eigenvalue weighted by Gasteiger charge is 2.30. The second kappa shape index (κ2) is 5.89. The van der Waals surface area contributed by atoms with Gasteiger partial charge in [0.15, 0.2) is 0 Å². The van der Waals surface area contributed by atoms with Gasteiger partial charge in [0.2, 0.25) is 5.91 Å². The van der Waals surface area contributed by atoms with Gasteiger partial charge >= 0.3 is 0 Å². The lowest BCUT2D eigenvalue weighted by molar-refractivity contribution is -0.137. The van der Waals surface area contributed by atoms with E-state index in [0.29, 0.717) is 31.2 Å². The molecule has 0 radical (unpaired) electrons. The fourth-order valence-electron chi connectivity index (χ4n) is 2.85. The van der Waals surface area contributed by atoms with Gasteiger partial charge in [-0.15, -0.1) is 0 Å². The lowest BCUT2D eigenvalue weighted by Crippen LogP contribution is -2.53. The molecule has 2 fully saturated rings. The van der Waals surface area contributed by atoms with Gasteiger partial charge in [-0.3, -0.25) is 9.69 Å². The Morgan fingerprint density at radius 1 is 1.30 bits per heavy atom. The number of rotatable bonds is 3. The third kappa shape index (κ3) is 2.83. The monoisotopic (exact) mass is 278 g/mol. The minimum atomic E-state index is -0.244. The zero-order chi connectivity index (χ0) is 13.9. The van der Waals surface area contributed by atoms with E-state index in [0.717, 1.165) is 26.2 Å². The first-order chi connectivity index (χ1) is 9.74. The summed E-state index contributed by atoms with van der Waals surface area (Å²) >= 11 is 0. The van der Waals surface area contributed by atoms with Crippen molar-refractivity contribution in [2.45, 2.75) is 19.0 Å². The molecule has 1 atom stereocenters. The van der Waals surface area contributed by atoms with Crippen LogP contribution in [-0.4, -0.2) is 54.6 Å². The second-order valence-corrected chi connectivity index (χ2v) is 5.39. The van der Waals surface area contributed by atoms with Crippen molar-refractivity contribution in [2.24, 2.45) is 0 Å². The zero-order valence-electron chi connectivity index (χ0n) is 11.4. The average molecular weight is 278 g/mol. The number of ether oxygens (including phenoxy) is 1. The Bertz CT molecular complexity index is 489. The first-order valence-corrected chi connectivity index (χ1v) is 7.07. The molecule has 2 aliphatic heterocycles. The topological polar surface area (TPSA) is 32.8 Å². The van der Waals surface area contributed by atoms with Crippen LogP contribution < -0.4 is 0 Å². The molecule has 0 aromatic heterocycles. The van der Waals surface area contributed by atoms with Crippen molar-refractivity contribution in [3.63, 3.8) is 0 Å². The van der Waals surface area contributed by atoms with Gasteiger partial charge in [-0.25, -0.2) is 4.39 Å². The summed E-state index contributed by atoms with van der Waals surface area (Å²) in [5.74, 6) is -0.168. The first-order valence-electron chi connectivity index (χ1n) is 7.07. The standard InChI is InChI=1S/C15H19FN2O2/c16-14-4-2-1-3-12(14)9-18-7-6-17(10-15(18)19)13-5-8-20-11-13/h1-4,13H,5-11H2. The van der Waals surface area contributed by atoms with E-state index in [1.54, 1.807) is 23.1 Å². The van der Waals surface area contributed by atoms with Gasteiger partial charge in [-0.1, -0.05) is 18.2 Å². The lowest BCUT2D eigenvalue weighted by Gasteiger charge is -2.37. The number of carbonyl (C=O) groups excluding carboxylic acids is 1. The van der Waals surface area contributed by atoms with E-state index in [1.807, 2.05) is 0 Å². The van der Waals surface area contributed by atoms with Crippen LogP contribution >= 0.6 is 0 Å². The molecule has 0 spiro atoms. The smallest absolute Gasteiger partial charge is 0.237 e. The fraction of sp³-hybridized carbons (Fsp3) is 0.533. The maximum absolute atomic E-state index is 13.6. The van der Waals surface area contributed by atoms with Crippen LogP contribution in [0.4, 0.5) is 4.39 Å². The molecule has 3 rings (SSSR count). The molecular formula is C15H19FN2O2. The van der Waals surface area contributed by atoms with Gasteiger partial charge in [0.25, 0.3) is 0 Å². The van der Waals surface area contributed by atoms with Crippen LogP contribution in [0.5, 0.6) is 0 Å². The molecule has 0 saturated carbocycles. The molecule has 2 aliphatic rings. The molecule has 0 aliphatic carbocycles. The maximum Gasteiger partial charge on any atom is 0.237 e. The molecule has 4 nitrogen and oxygen atoms in total. The molecule has 2 saturated heterocycles. The molecule has 1 aromatic carbocycles. The zero-order valence-corrected chi connectivity index (χ0v) is 11.4. The third-order valence-corrected chi connectivity index (χ3v) is 4.09. The fourth-order valence-corrected chi connectivity index (χ4v) is 2.85. The van der Waals surface area contributed by atoms with Crippen molar-refractivity contribution in [1.29, 1.82) is 0 Å². The van der Waals surface area contributed by atoms with Crippen molar-refractivity contribution in [2.75, 3.05) is 32.8 Å². The van der Waals surface area contributed by atoms with E-state index in [2.05, 4.69) is 4.90 Å². The molecule has 1 unspecified atom stereocenters. The summed E-state index contributed by atoms with van der Waals surface area (Å²) in [5.41, 5.74) is 0.582. The molecule has 0 N–H and O–H groups in total. The van der Waals surface area contributed by atoms with Crippen LogP contribution in [0.2, 0.25) is 0 Å². The van der Waals surface area contributed by atoms with E-state index >= 15 is 0 Å². The van der Waals surface area contributed by atoms with Crippen molar-refractivity contribution in [3.8, 4) is 0 Å². The number of hydrogen-bond acceptors (Lipinski definition) is 3. The summed E-state index contributed by atoms with van der Waals surface area (Å²) in [4.78, 5) is 16.1. The summed E-state index contributed by atoms with van der Waals surface area (Å²) in [7, 11) is 0. The summed E-state index contributed by atoms with van der Waals surface area (Å²) in [6.07, 6.45) is 1.00. The Kier molecular flexibility index (Phi) is 3.98. The molecule has 108 valence electrons. The van der Waals surface area contributed by atoms with Crippen molar-refractivity contribution >= 4 is 5.91 Å². The van der Waals surface area contributed by atoms with Gasteiger partial charge in [-0.05, 0) is 12.5 Å². The molecular weight excluding hydrogens is 259 g/mol. The van der Waals surface area contributed by atoms with Gasteiger partial charge in [0.1, 0.15) is 5.82 Å². The predicted molar refractivity (Wildman–Crippen MR) is 72.6 cm³/mol. The van der Waals surface area contributed by atoms with Gasteiger partial charge < -0.3 is 9.64 Å². The number of benzene rings is 1. The largest absolute Gasteiger partial charge is 0.380 e. The van der Waals surface area contributed by atoms with Crippen LogP contribution in [0, 0.1) is 5.82 Å². The third-order valence-electron chi connectivity index (χ3n) is 4.09. The Morgan fingerprint density at radius 2 is 2.15 bits per heavy atom. The molecule has 1 amide bonds. The van der Waals surface area contributed by atoms with Crippen molar-refractivity contribution < 1.29 is 13.9 Å². The van der Waals surface area contributed by atoms with Crippen LogP contribution in [0.15, 0.2) is 24.3 Å². The number of amides is 1. The average Bonchev–Trinajstić information content (AvgIpc) is 2.97. The van der Waals surface area contributed by atoms with Crippen molar-refractivity contribution in [3.05, 3.63) is 35.6 Å². The highest BCUT2D eigenvalue weighted by Crippen LogP contribution is 2.17. The number of nitrogens with zero attached hydrogens (tertiary/aromatic N) is 2. The van der Waals surface area contributed by atoms with E-state index in [9.17, 15) is 9.18 Å². The van der Waals surface area contributed by atoms with Crippen LogP contribution in [0.3, 0.4) is 0 Å². The molecule has 5 heteroatoms. The van der Waals surface area contributed by atoms with Gasteiger partial charge in [-0.2, -0.15) is 0 Å². The minimum Gasteiger partial charge on any atom is -0.380 e. The molecule has 0 bridgehead atoms. The normalized spacial score (nSPS) is 24.4. The van der Waals surface area contributed by atoms with Crippen molar-refractivity contribution in [1.82, 2.24) is 9.80 Å². The van der Waals surface area contributed by atoms with Crippen LogP contribution in [0.1, 0.15) is 12.0 Å². The lowest BCUT2D eigenvalue weighted by atomic mass is 10.1. The molecule has 20 heavy (non-hydrogen) atoms. The van der Waals surface area contributed by atoms with E-state index in [1.165, 1.54) is 6.07 Å². The van der Waals surface area contributed by atoms with E-state index in [4.69, 9.17) is 4.74 Å². The van der Waals surface area contributed by atoms with Gasteiger partial charge in [0.05, 0.1) is 13.2 Å². The summed E-state index contributed by atoms with van der Waals surface area (Å²) < 4.78 is 19.0. The van der Waals surface area contributed by atoms with Gasteiger partial charge in [0, 0.05) is 37.8 Å². The maximum atomic E-state index is 13.6. The summed E-state index contributed by atoms with van der Waals surface area (Å²) in [6.45, 7) is 3.79. The Morgan fingerprint density at radius 3 is 2.85 bits per heavy atom. The summed E-state index contributed by atoms with van der Waals surface area (Å²) in [6, 6.07) is 7.01. The van der Waals surface area contributed by atoms with Crippen LogP contribution in [-0.2, 0) is 16.1 Å². The molecule has 2 heterocycles. The number of halogens is 1. The Labute approximate surface area is 118 Å². The minimum absolute atomic E-state index is 0.0754. The number of carbonyl (C=O) groups is 1. The molecule has 1 aromatic rings. The SMILES string of the molecule is O=C1CN(C2CCOC2)CCN1Cc1ccccc1F. The second-order valence-electron chi connectivity index (χ2n) is 5.39.